The van der Waals surface area contributed by atoms with Gasteiger partial charge in [-0.05, 0) is 38.7 Å². The Morgan fingerprint density at radius 1 is 1.39 bits per heavy atom. The summed E-state index contributed by atoms with van der Waals surface area (Å²) in [7, 11) is 0. The van der Waals surface area contributed by atoms with Crippen LogP contribution in [-0.4, -0.2) is 29.4 Å². The van der Waals surface area contributed by atoms with Crippen molar-refractivity contribution >= 4 is 5.69 Å². The average Bonchev–Trinajstić information content (AvgIpc) is 2.84. The summed E-state index contributed by atoms with van der Waals surface area (Å²) in [5.74, 6) is 0. The molecule has 0 amide bonds. The number of hydrogen-bond donors (Lipinski definition) is 2. The Labute approximate surface area is 109 Å². The molecular formula is C15H23NO2. The van der Waals surface area contributed by atoms with Gasteiger partial charge in [0.25, 0.3) is 0 Å². The standard InChI is InChI=1S/C15H23NO2/c1-12(18)14-8-2-3-9-15(14)16-10-4-6-13(16)7-5-11-17/h2-3,8-9,12-13,17-18H,4-7,10-11H2,1H3/t12-,13?/m1/s1. The van der Waals surface area contributed by atoms with Crippen LogP contribution >= 0.6 is 0 Å². The fourth-order valence-corrected chi connectivity index (χ4v) is 2.88. The van der Waals surface area contributed by atoms with E-state index in [0.717, 1.165) is 30.6 Å². The van der Waals surface area contributed by atoms with Crippen molar-refractivity contribution in [1.29, 1.82) is 0 Å². The summed E-state index contributed by atoms with van der Waals surface area (Å²) in [6.07, 6.45) is 3.85. The number of aliphatic hydroxyl groups excluding tert-OH is 2. The number of benzene rings is 1. The normalized spacial score (nSPS) is 21.3. The Morgan fingerprint density at radius 3 is 2.89 bits per heavy atom. The van der Waals surface area contributed by atoms with Gasteiger partial charge in [0.05, 0.1) is 6.10 Å². The molecule has 3 heteroatoms. The lowest BCUT2D eigenvalue weighted by molar-refractivity contribution is 0.199. The van der Waals surface area contributed by atoms with Gasteiger partial charge in [-0.25, -0.2) is 0 Å². The topological polar surface area (TPSA) is 43.7 Å². The van der Waals surface area contributed by atoms with E-state index < -0.39 is 6.10 Å². The molecule has 1 saturated heterocycles. The summed E-state index contributed by atoms with van der Waals surface area (Å²) in [6, 6.07) is 8.62. The summed E-state index contributed by atoms with van der Waals surface area (Å²) in [4.78, 5) is 2.40. The lowest BCUT2D eigenvalue weighted by Crippen LogP contribution is -2.30. The van der Waals surface area contributed by atoms with Gasteiger partial charge in [-0.3, -0.25) is 0 Å². The van der Waals surface area contributed by atoms with Gasteiger partial charge in [0.2, 0.25) is 0 Å². The minimum Gasteiger partial charge on any atom is -0.396 e. The van der Waals surface area contributed by atoms with Gasteiger partial charge in [0, 0.05) is 30.4 Å². The molecule has 0 radical (unpaired) electrons. The highest BCUT2D eigenvalue weighted by Crippen LogP contribution is 2.33. The van der Waals surface area contributed by atoms with Crippen molar-refractivity contribution < 1.29 is 10.2 Å². The predicted octanol–water partition coefficient (Wildman–Crippen LogP) is 2.48. The number of anilines is 1. The number of aliphatic hydroxyl groups is 2. The van der Waals surface area contributed by atoms with Gasteiger partial charge in [0.15, 0.2) is 0 Å². The molecule has 1 aliphatic rings. The Balaban J connectivity index is 2.19. The first-order valence-corrected chi connectivity index (χ1v) is 6.88. The lowest BCUT2D eigenvalue weighted by Gasteiger charge is -2.29. The highest BCUT2D eigenvalue weighted by Gasteiger charge is 2.26. The van der Waals surface area contributed by atoms with Gasteiger partial charge < -0.3 is 15.1 Å². The van der Waals surface area contributed by atoms with Crippen LogP contribution in [0.25, 0.3) is 0 Å². The summed E-state index contributed by atoms with van der Waals surface area (Å²) in [5, 5.41) is 18.8. The second-order valence-corrected chi connectivity index (χ2v) is 5.09. The Bertz CT molecular complexity index is 379. The summed E-state index contributed by atoms with van der Waals surface area (Å²) >= 11 is 0. The maximum atomic E-state index is 9.86. The first-order valence-electron chi connectivity index (χ1n) is 6.88. The molecule has 0 saturated carbocycles. The highest BCUT2D eigenvalue weighted by atomic mass is 16.3. The zero-order valence-corrected chi connectivity index (χ0v) is 11.0. The third-order valence-electron chi connectivity index (χ3n) is 3.77. The zero-order chi connectivity index (χ0) is 13.0. The average molecular weight is 249 g/mol. The van der Waals surface area contributed by atoms with Crippen LogP contribution in [-0.2, 0) is 0 Å². The largest absolute Gasteiger partial charge is 0.396 e. The van der Waals surface area contributed by atoms with Gasteiger partial charge in [-0.15, -0.1) is 0 Å². The number of para-hydroxylation sites is 1. The Morgan fingerprint density at radius 2 is 2.17 bits per heavy atom. The van der Waals surface area contributed by atoms with E-state index in [9.17, 15) is 5.11 Å². The fourth-order valence-electron chi connectivity index (χ4n) is 2.88. The van der Waals surface area contributed by atoms with Crippen LogP contribution in [0.5, 0.6) is 0 Å². The van der Waals surface area contributed by atoms with Crippen LogP contribution < -0.4 is 4.90 Å². The van der Waals surface area contributed by atoms with Crippen molar-refractivity contribution in [3.05, 3.63) is 29.8 Å². The van der Waals surface area contributed by atoms with Crippen molar-refractivity contribution in [1.82, 2.24) is 0 Å². The van der Waals surface area contributed by atoms with Gasteiger partial charge in [0.1, 0.15) is 0 Å². The molecule has 1 unspecified atom stereocenters. The summed E-state index contributed by atoms with van der Waals surface area (Å²) in [5.41, 5.74) is 2.17. The van der Waals surface area contributed by atoms with E-state index >= 15 is 0 Å². The molecule has 1 aliphatic heterocycles. The third-order valence-corrected chi connectivity index (χ3v) is 3.77. The van der Waals surface area contributed by atoms with Gasteiger partial charge in [-0.1, -0.05) is 18.2 Å². The maximum Gasteiger partial charge on any atom is 0.0781 e. The minimum absolute atomic E-state index is 0.266. The van der Waals surface area contributed by atoms with E-state index in [1.54, 1.807) is 0 Å². The molecule has 0 aliphatic carbocycles. The van der Waals surface area contributed by atoms with Crippen LogP contribution in [0.1, 0.15) is 44.3 Å². The van der Waals surface area contributed by atoms with Crippen LogP contribution in [0.3, 0.4) is 0 Å². The predicted molar refractivity (Wildman–Crippen MR) is 73.8 cm³/mol. The summed E-state index contributed by atoms with van der Waals surface area (Å²) in [6.45, 7) is 3.14. The molecule has 2 N–H and O–H groups in total. The maximum absolute atomic E-state index is 9.86. The lowest BCUT2D eigenvalue weighted by atomic mass is 10.0. The molecule has 1 fully saturated rings. The Kier molecular flexibility index (Phi) is 4.61. The van der Waals surface area contributed by atoms with Crippen molar-refractivity contribution in [3.8, 4) is 0 Å². The molecule has 0 bridgehead atoms. The second kappa shape index (κ2) is 6.21. The first kappa shape index (κ1) is 13.4. The third kappa shape index (κ3) is 2.85. The second-order valence-electron chi connectivity index (χ2n) is 5.09. The van der Waals surface area contributed by atoms with E-state index in [0.29, 0.717) is 6.04 Å². The molecule has 100 valence electrons. The van der Waals surface area contributed by atoms with Gasteiger partial charge >= 0.3 is 0 Å². The van der Waals surface area contributed by atoms with E-state index in [4.69, 9.17) is 5.11 Å². The zero-order valence-electron chi connectivity index (χ0n) is 11.0. The molecule has 1 heterocycles. The number of rotatable bonds is 5. The summed E-state index contributed by atoms with van der Waals surface area (Å²) < 4.78 is 0. The van der Waals surface area contributed by atoms with Crippen molar-refractivity contribution in [3.63, 3.8) is 0 Å². The molecule has 2 atom stereocenters. The van der Waals surface area contributed by atoms with E-state index in [2.05, 4.69) is 11.0 Å². The molecule has 0 spiro atoms. The van der Waals surface area contributed by atoms with Crippen molar-refractivity contribution in [2.45, 2.75) is 44.8 Å². The number of nitrogens with zero attached hydrogens (tertiary/aromatic N) is 1. The first-order chi connectivity index (χ1) is 8.74. The molecule has 0 aromatic heterocycles. The molecule has 2 rings (SSSR count). The van der Waals surface area contributed by atoms with Crippen LogP contribution in [0.15, 0.2) is 24.3 Å². The molecule has 3 nitrogen and oxygen atoms in total. The molecule has 1 aromatic carbocycles. The smallest absolute Gasteiger partial charge is 0.0781 e. The minimum atomic E-state index is -0.430. The molecular weight excluding hydrogens is 226 g/mol. The molecule has 1 aromatic rings. The number of hydrogen-bond acceptors (Lipinski definition) is 3. The van der Waals surface area contributed by atoms with Crippen LogP contribution in [0.2, 0.25) is 0 Å². The van der Waals surface area contributed by atoms with Crippen molar-refractivity contribution in [2.75, 3.05) is 18.1 Å². The molecule has 18 heavy (non-hydrogen) atoms. The van der Waals surface area contributed by atoms with Crippen molar-refractivity contribution in [2.24, 2.45) is 0 Å². The Hall–Kier alpha value is -1.06. The fraction of sp³-hybridized carbons (Fsp3) is 0.600. The van der Waals surface area contributed by atoms with Crippen LogP contribution in [0, 0.1) is 0 Å². The quantitative estimate of drug-likeness (QED) is 0.842. The highest BCUT2D eigenvalue weighted by molar-refractivity contribution is 5.56. The van der Waals surface area contributed by atoms with Crippen LogP contribution in [0.4, 0.5) is 5.69 Å². The van der Waals surface area contributed by atoms with E-state index in [1.165, 1.54) is 12.8 Å². The van der Waals surface area contributed by atoms with E-state index in [-0.39, 0.29) is 6.61 Å². The monoisotopic (exact) mass is 249 g/mol. The van der Waals surface area contributed by atoms with E-state index in [1.807, 2.05) is 25.1 Å². The van der Waals surface area contributed by atoms with Gasteiger partial charge in [-0.2, -0.15) is 0 Å². The SMILES string of the molecule is C[C@@H](O)c1ccccc1N1CCCC1CCCO.